The highest BCUT2D eigenvalue weighted by atomic mass is 16.2. The van der Waals surface area contributed by atoms with Crippen molar-refractivity contribution in [2.45, 2.75) is 26.3 Å². The second kappa shape index (κ2) is 4.81. The minimum atomic E-state index is -0.0942. The molecular weight excluding hydrogens is 178 g/mol. The summed E-state index contributed by atoms with van der Waals surface area (Å²) in [6.07, 6.45) is 4.37. The molecule has 0 aromatic carbocycles. The number of rotatable bonds is 3. The van der Waals surface area contributed by atoms with Crippen LogP contribution in [0.25, 0.3) is 0 Å². The van der Waals surface area contributed by atoms with Crippen molar-refractivity contribution in [3.63, 3.8) is 0 Å². The van der Waals surface area contributed by atoms with Crippen LogP contribution in [0.2, 0.25) is 0 Å². The fraction of sp³-hybridized carbons (Fsp3) is 0.500. The molecule has 0 unspecified atom stereocenters. The van der Waals surface area contributed by atoms with Crippen molar-refractivity contribution < 1.29 is 4.79 Å². The van der Waals surface area contributed by atoms with Gasteiger partial charge in [0.2, 0.25) is 0 Å². The smallest absolute Gasteiger partial charge is 0.325 e. The first-order valence-electron chi connectivity index (χ1n) is 4.81. The van der Waals surface area contributed by atoms with Crippen molar-refractivity contribution in [2.75, 3.05) is 6.54 Å². The zero-order valence-corrected chi connectivity index (χ0v) is 8.66. The molecule has 14 heavy (non-hydrogen) atoms. The summed E-state index contributed by atoms with van der Waals surface area (Å²) < 4.78 is 1.55. The second-order valence-corrected chi connectivity index (χ2v) is 3.57. The van der Waals surface area contributed by atoms with E-state index in [1.54, 1.807) is 10.8 Å². The van der Waals surface area contributed by atoms with E-state index in [0.29, 0.717) is 6.54 Å². The molecule has 1 aromatic rings. The van der Waals surface area contributed by atoms with Gasteiger partial charge in [0.05, 0.1) is 0 Å². The van der Waals surface area contributed by atoms with E-state index in [4.69, 9.17) is 5.73 Å². The van der Waals surface area contributed by atoms with Crippen LogP contribution in [0, 0.1) is 0 Å². The number of aromatic nitrogens is 1. The van der Waals surface area contributed by atoms with E-state index in [2.05, 4.69) is 5.32 Å². The zero-order valence-electron chi connectivity index (χ0n) is 8.66. The highest BCUT2D eigenvalue weighted by Crippen LogP contribution is 2.01. The van der Waals surface area contributed by atoms with E-state index in [-0.39, 0.29) is 12.1 Å². The Balaban J connectivity index is 2.62. The fourth-order valence-electron chi connectivity index (χ4n) is 1.20. The van der Waals surface area contributed by atoms with E-state index in [1.165, 1.54) is 0 Å². The van der Waals surface area contributed by atoms with Crippen LogP contribution in [0.5, 0.6) is 0 Å². The third-order valence-corrected chi connectivity index (χ3v) is 1.83. The molecule has 1 heterocycles. The van der Waals surface area contributed by atoms with Gasteiger partial charge in [-0.2, -0.15) is 0 Å². The third-order valence-electron chi connectivity index (χ3n) is 1.83. The third kappa shape index (κ3) is 2.88. The predicted octanol–water partition coefficient (Wildman–Crippen LogP) is 0.955. The maximum Gasteiger partial charge on any atom is 0.325 e. The Kier molecular flexibility index (Phi) is 3.71. The second-order valence-electron chi connectivity index (χ2n) is 3.57. The minimum Gasteiger partial charge on any atom is -0.335 e. The molecule has 0 aliphatic rings. The average Bonchev–Trinajstić information content (AvgIpc) is 2.52. The van der Waals surface area contributed by atoms with Crippen LogP contribution in [0.4, 0.5) is 4.79 Å². The average molecular weight is 195 g/mol. The molecule has 4 heteroatoms. The molecule has 78 valence electrons. The molecule has 0 radical (unpaired) electrons. The number of nitrogens with one attached hydrogen (secondary N) is 1. The van der Waals surface area contributed by atoms with Gasteiger partial charge in [0, 0.05) is 18.4 Å². The summed E-state index contributed by atoms with van der Waals surface area (Å²) in [4.78, 5) is 11.5. The summed E-state index contributed by atoms with van der Waals surface area (Å²) >= 11 is 0. The van der Waals surface area contributed by atoms with Gasteiger partial charge in [0.1, 0.15) is 0 Å². The Morgan fingerprint density at radius 3 is 2.93 bits per heavy atom. The summed E-state index contributed by atoms with van der Waals surface area (Å²) in [6.45, 7) is 4.47. The molecule has 0 saturated heterocycles. The molecule has 1 rings (SSSR count). The quantitative estimate of drug-likeness (QED) is 0.754. The lowest BCUT2D eigenvalue weighted by Crippen LogP contribution is -2.33. The number of carbonyl (C=O) groups is 1. The lowest BCUT2D eigenvalue weighted by molar-refractivity contribution is 0.240. The molecule has 0 bridgehead atoms. The lowest BCUT2D eigenvalue weighted by atomic mass is 10.2. The lowest BCUT2D eigenvalue weighted by Gasteiger charge is -2.07. The highest BCUT2D eigenvalue weighted by molar-refractivity contribution is 5.77. The Hall–Kier alpha value is -1.29. The Morgan fingerprint density at radius 1 is 1.64 bits per heavy atom. The van der Waals surface area contributed by atoms with Crippen molar-refractivity contribution in [3.05, 3.63) is 24.0 Å². The summed E-state index contributed by atoms with van der Waals surface area (Å²) in [5, 5.41) is 2.81. The molecule has 0 fully saturated rings. The van der Waals surface area contributed by atoms with E-state index in [9.17, 15) is 4.79 Å². The van der Waals surface area contributed by atoms with E-state index in [1.807, 2.05) is 26.1 Å². The minimum absolute atomic E-state index is 0.0942. The van der Waals surface area contributed by atoms with E-state index in [0.717, 1.165) is 12.0 Å². The SMILES string of the molecule is CC(C)NC(=O)n1ccc(CCN)c1. The Morgan fingerprint density at radius 2 is 2.36 bits per heavy atom. The van der Waals surface area contributed by atoms with Crippen LogP contribution in [-0.2, 0) is 6.42 Å². The van der Waals surface area contributed by atoms with Crippen molar-refractivity contribution >= 4 is 6.03 Å². The number of amides is 1. The summed E-state index contributed by atoms with van der Waals surface area (Å²) in [6, 6.07) is 1.97. The van der Waals surface area contributed by atoms with Gasteiger partial charge in [-0.05, 0) is 38.4 Å². The standard InChI is InChI=1S/C10H17N3O/c1-8(2)12-10(14)13-6-4-9(7-13)3-5-11/h4,6-8H,3,5,11H2,1-2H3,(H,12,14). The molecular formula is C10H17N3O. The van der Waals surface area contributed by atoms with E-state index >= 15 is 0 Å². The van der Waals surface area contributed by atoms with Crippen molar-refractivity contribution in [3.8, 4) is 0 Å². The summed E-state index contributed by atoms with van der Waals surface area (Å²) in [7, 11) is 0. The highest BCUT2D eigenvalue weighted by Gasteiger charge is 2.05. The molecule has 4 nitrogen and oxygen atoms in total. The normalized spacial score (nSPS) is 10.6. The number of hydrogen-bond acceptors (Lipinski definition) is 2. The first-order chi connectivity index (χ1) is 6.63. The number of hydrogen-bond donors (Lipinski definition) is 2. The van der Waals surface area contributed by atoms with Crippen LogP contribution >= 0.6 is 0 Å². The maximum absolute atomic E-state index is 11.5. The first kappa shape index (κ1) is 10.8. The topological polar surface area (TPSA) is 60.0 Å². The molecule has 0 aliphatic carbocycles. The van der Waals surface area contributed by atoms with Gasteiger partial charge in [0.15, 0.2) is 0 Å². The first-order valence-corrected chi connectivity index (χ1v) is 4.81. The summed E-state index contributed by atoms with van der Waals surface area (Å²) in [5.41, 5.74) is 6.51. The zero-order chi connectivity index (χ0) is 10.6. The van der Waals surface area contributed by atoms with Gasteiger partial charge in [0.25, 0.3) is 0 Å². The molecule has 0 spiro atoms. The van der Waals surface area contributed by atoms with Gasteiger partial charge in [-0.15, -0.1) is 0 Å². The van der Waals surface area contributed by atoms with Crippen LogP contribution in [0.15, 0.2) is 18.5 Å². The number of carbonyl (C=O) groups excluding carboxylic acids is 1. The van der Waals surface area contributed by atoms with Crippen molar-refractivity contribution in [1.82, 2.24) is 9.88 Å². The van der Waals surface area contributed by atoms with Gasteiger partial charge >= 0.3 is 6.03 Å². The van der Waals surface area contributed by atoms with Crippen molar-refractivity contribution in [1.29, 1.82) is 0 Å². The van der Waals surface area contributed by atoms with Gasteiger partial charge in [-0.1, -0.05) is 0 Å². The number of nitrogens with two attached hydrogens (primary N) is 1. The Bertz CT molecular complexity index is 304. The van der Waals surface area contributed by atoms with Crippen LogP contribution in [0.1, 0.15) is 19.4 Å². The van der Waals surface area contributed by atoms with Gasteiger partial charge in [-0.25, -0.2) is 4.79 Å². The van der Waals surface area contributed by atoms with Crippen LogP contribution < -0.4 is 11.1 Å². The maximum atomic E-state index is 11.5. The predicted molar refractivity (Wildman–Crippen MR) is 56.3 cm³/mol. The Labute approximate surface area is 84.1 Å². The molecule has 0 saturated carbocycles. The summed E-state index contributed by atoms with van der Waals surface area (Å²) in [5.74, 6) is 0. The van der Waals surface area contributed by atoms with Gasteiger partial charge < -0.3 is 11.1 Å². The van der Waals surface area contributed by atoms with Crippen molar-refractivity contribution in [2.24, 2.45) is 5.73 Å². The van der Waals surface area contributed by atoms with Gasteiger partial charge in [-0.3, -0.25) is 4.57 Å². The molecule has 3 N–H and O–H groups in total. The van der Waals surface area contributed by atoms with E-state index < -0.39 is 0 Å². The number of nitrogens with zero attached hydrogens (tertiary/aromatic N) is 1. The van der Waals surface area contributed by atoms with Crippen LogP contribution in [-0.4, -0.2) is 23.2 Å². The van der Waals surface area contributed by atoms with Crippen LogP contribution in [0.3, 0.4) is 0 Å². The largest absolute Gasteiger partial charge is 0.335 e. The molecule has 1 amide bonds. The molecule has 0 aliphatic heterocycles. The molecule has 0 atom stereocenters. The molecule has 1 aromatic heterocycles. The fourth-order valence-corrected chi connectivity index (χ4v) is 1.20. The monoisotopic (exact) mass is 195 g/mol.